The van der Waals surface area contributed by atoms with Crippen LogP contribution in [0, 0.1) is 0 Å². The molecule has 0 bridgehead atoms. The Balaban J connectivity index is 0.000000368. The molecule has 42 heteroatoms. The van der Waals surface area contributed by atoms with Crippen molar-refractivity contribution in [3.05, 3.63) is 45.9 Å². The van der Waals surface area contributed by atoms with Crippen molar-refractivity contribution in [3.63, 3.8) is 0 Å². The van der Waals surface area contributed by atoms with Crippen molar-refractivity contribution < 1.29 is 99.0 Å². The summed E-state index contributed by atoms with van der Waals surface area (Å²) in [5.74, 6) is -5.21. The minimum atomic E-state index is -5.11. The van der Waals surface area contributed by atoms with Gasteiger partial charge in [-0.05, 0) is 152 Å². The van der Waals surface area contributed by atoms with Gasteiger partial charge in [-0.25, -0.2) is 43.0 Å². The Kier molecular flexibility index (Phi) is 26.1. The Morgan fingerprint density at radius 1 is 0.529 bits per heavy atom. The third kappa shape index (κ3) is 26.7. The summed E-state index contributed by atoms with van der Waals surface area (Å²) in [6, 6.07) is -4.67. The Bertz CT molecular complexity index is 3930. The molecule has 0 saturated carbocycles. The zero-order chi connectivity index (χ0) is 77.3. The van der Waals surface area contributed by atoms with E-state index in [1.807, 2.05) is 0 Å². The molecular formula is C60H90N18O21S3. The first-order valence-electron chi connectivity index (χ1n) is 31.3. The van der Waals surface area contributed by atoms with Gasteiger partial charge in [-0.1, -0.05) is 10.3 Å². The molecule has 4 aromatic heterocycles. The van der Waals surface area contributed by atoms with Gasteiger partial charge in [-0.2, -0.15) is 38.4 Å². The van der Waals surface area contributed by atoms with Gasteiger partial charge in [0.25, 0.3) is 17.7 Å². The van der Waals surface area contributed by atoms with E-state index in [1.54, 1.807) is 125 Å². The number of esters is 2. The van der Waals surface area contributed by atoms with Gasteiger partial charge in [0.05, 0.1) is 44.6 Å². The summed E-state index contributed by atoms with van der Waals surface area (Å²) in [6.07, 6.45) is -0.217. The van der Waals surface area contributed by atoms with Crippen LogP contribution in [0.2, 0.25) is 0 Å². The molecule has 0 aliphatic carbocycles. The molecule has 2 aliphatic heterocycles. The lowest BCUT2D eigenvalue weighted by Gasteiger charge is -2.43. The van der Waals surface area contributed by atoms with E-state index in [2.05, 4.69) is 77.9 Å². The molecule has 2 aliphatic rings. The Hall–Kier alpha value is -9.71. The van der Waals surface area contributed by atoms with E-state index in [4.69, 9.17) is 38.1 Å². The highest BCUT2D eigenvalue weighted by molar-refractivity contribution is 7.84. The molecule has 0 spiro atoms. The summed E-state index contributed by atoms with van der Waals surface area (Å²) in [4.78, 5) is 149. The third-order valence-electron chi connectivity index (χ3n) is 12.2. The van der Waals surface area contributed by atoms with E-state index in [1.165, 1.54) is 55.6 Å². The van der Waals surface area contributed by atoms with Crippen molar-refractivity contribution in [1.29, 1.82) is 0 Å². The van der Waals surface area contributed by atoms with Crippen molar-refractivity contribution in [3.8, 4) is 0 Å². The van der Waals surface area contributed by atoms with E-state index < -0.39 is 151 Å². The Labute approximate surface area is 596 Å². The summed E-state index contributed by atoms with van der Waals surface area (Å²) in [5.41, 5.74) is -8.55. The number of amides is 8. The van der Waals surface area contributed by atoms with Gasteiger partial charge < -0.3 is 64.7 Å². The molecule has 8 N–H and O–H groups in total. The number of rotatable bonds is 23. The number of hydrogen-bond donors (Lipinski definition) is 8. The predicted molar refractivity (Wildman–Crippen MR) is 363 cm³/mol. The van der Waals surface area contributed by atoms with Crippen molar-refractivity contribution in [2.45, 2.75) is 247 Å². The van der Waals surface area contributed by atoms with Gasteiger partial charge in [0.2, 0.25) is 17.1 Å². The van der Waals surface area contributed by atoms with Gasteiger partial charge >= 0.3 is 46.6 Å². The van der Waals surface area contributed by atoms with Crippen LogP contribution in [-0.4, -0.2) is 198 Å². The SMILES string of the molecule is CC(C)(C)OC(=O)NCc1cnn(C[C@@H]2[C@H](NC(=O)/C(=N\OC(C)(C)C(=O)OC(C)(C)C)c3csc(NC(=O)OC(C)(C)C)n3)C(=O)N2S(=O)(=O)O)n1.CC(C)(C)OC(=O)NCc1cnn(C[C@H]2NC(=O)[C@H]2NC(=O)/C(=N\OC(C)(C)C(=O)OC(C)(C)C)c2csc(NC(=O)OC(C)(C)C)n2)n1. The molecule has 0 unspecified atom stereocenters. The van der Waals surface area contributed by atoms with Gasteiger partial charge in [0, 0.05) is 10.8 Å². The van der Waals surface area contributed by atoms with E-state index >= 15 is 0 Å². The van der Waals surface area contributed by atoms with Gasteiger partial charge in [0.15, 0.2) is 21.7 Å². The molecule has 6 heterocycles. The highest BCUT2D eigenvalue weighted by Gasteiger charge is 2.55. The van der Waals surface area contributed by atoms with E-state index in [9.17, 15) is 60.9 Å². The summed E-state index contributed by atoms with van der Waals surface area (Å²) in [6.45, 7) is 35.4. The monoisotopic (exact) mass is 1490 g/mol. The van der Waals surface area contributed by atoms with Gasteiger partial charge in [-0.15, -0.1) is 22.7 Å². The number of carbonyl (C=O) groups is 10. The van der Waals surface area contributed by atoms with Gasteiger partial charge in [-0.3, -0.25) is 34.4 Å². The van der Waals surface area contributed by atoms with Crippen molar-refractivity contribution >= 4 is 115 Å². The van der Waals surface area contributed by atoms with Crippen molar-refractivity contribution in [2.24, 2.45) is 10.3 Å². The summed E-state index contributed by atoms with van der Waals surface area (Å²) < 4.78 is 65.9. The van der Waals surface area contributed by atoms with Crippen LogP contribution in [-0.2, 0) is 103 Å². The molecular weight excluding hydrogens is 1400 g/mol. The number of hydrogen-bond acceptors (Lipinski definition) is 30. The molecule has 2 fully saturated rings. The zero-order valence-corrected chi connectivity index (χ0v) is 63.2. The topological polar surface area (TPSA) is 498 Å². The standard InChI is InChI=1S/C30H45N9O12S2.C30H45N9O9S/c1-27(2,3)48-23(42)30(10,11)51-37-19(17-15-52-24(33-17)35-26(44)50-29(7,8)9)21(40)34-20-18(39(22(20)41)53(45,46)47)14-38-32-13-16(36-38)12-31-25(43)49-28(4,5)6;1-27(2,3)45-23(42)30(10,11)48-38-20(18-15-49-24(34-18)36-26(44)47-29(7,8)9)22(41)35-19-17(33-21(19)40)14-39-32-13-16(37-39)12-31-25(43)46-28(4,5)6/h13,15,18,20H,12,14H2,1-11H3,(H,31,43)(H,34,40)(H,33,35,44)(H,45,46,47);13,15,17,19H,12,14H2,1-11H3,(H,31,43)(H,33,40)(H,35,41)(H,34,36,44)/b37-19-;38-20-/t18-,20+;17-,19+/m11/s1. The number of oxime groups is 2. The second kappa shape index (κ2) is 32.1. The predicted octanol–water partition coefficient (Wildman–Crippen LogP) is 4.78. The van der Waals surface area contributed by atoms with Crippen LogP contribution >= 0.6 is 22.7 Å². The second-order valence-electron chi connectivity index (χ2n) is 29.6. The third-order valence-corrected chi connectivity index (χ3v) is 14.6. The number of nitrogens with zero attached hydrogens (tertiary/aromatic N) is 11. The fourth-order valence-electron chi connectivity index (χ4n) is 7.89. The normalized spacial score (nSPS) is 17.0. The lowest BCUT2D eigenvalue weighted by Crippen LogP contribution is -2.73. The molecule has 8 amide bonds. The van der Waals surface area contributed by atoms with Crippen LogP contribution in [0.1, 0.15) is 175 Å². The lowest BCUT2D eigenvalue weighted by atomic mass is 9.98. The highest BCUT2D eigenvalue weighted by Crippen LogP contribution is 2.28. The van der Waals surface area contributed by atoms with Crippen LogP contribution in [0.15, 0.2) is 33.5 Å². The number of anilines is 2. The van der Waals surface area contributed by atoms with Gasteiger partial charge in [0.1, 0.15) is 74.5 Å². The Morgan fingerprint density at radius 3 is 1.24 bits per heavy atom. The molecule has 564 valence electrons. The lowest BCUT2D eigenvalue weighted by molar-refractivity contribution is -0.180. The fraction of sp³-hybridized carbons (Fsp3) is 0.633. The van der Waals surface area contributed by atoms with Crippen LogP contribution in [0.25, 0.3) is 0 Å². The first kappa shape index (κ1) is 83.0. The maximum atomic E-state index is 13.8. The fourth-order valence-corrected chi connectivity index (χ4v) is 10.1. The van der Waals surface area contributed by atoms with E-state index in [0.29, 0.717) is 5.69 Å². The second-order valence-corrected chi connectivity index (χ2v) is 32.6. The van der Waals surface area contributed by atoms with Crippen molar-refractivity contribution in [1.82, 2.24) is 70.8 Å². The molecule has 4 aromatic rings. The maximum Gasteiger partial charge on any atom is 0.413 e. The summed E-state index contributed by atoms with van der Waals surface area (Å²) >= 11 is 1.87. The average Bonchev–Trinajstić information content (AvgIpc) is 0.896. The zero-order valence-electron chi connectivity index (χ0n) is 60.7. The number of β-lactam (4-membered cyclic amide) rings is 2. The first-order chi connectivity index (χ1) is 46.4. The molecule has 0 aromatic carbocycles. The molecule has 6 rings (SSSR count). The quantitative estimate of drug-likeness (QED) is 0.0124. The molecule has 39 nitrogen and oxygen atoms in total. The van der Waals surface area contributed by atoms with E-state index in [0.717, 1.165) is 27.5 Å². The smallest absolute Gasteiger partial charge is 0.413 e. The number of nitrogens with one attached hydrogen (secondary N) is 7. The number of thiazole rings is 2. The number of aromatic nitrogens is 8. The number of carbonyl (C=O) groups excluding carboxylic acids is 10. The average molecular weight is 1500 g/mol. The molecule has 2 saturated heterocycles. The van der Waals surface area contributed by atoms with E-state index in [-0.39, 0.29) is 57.0 Å². The van der Waals surface area contributed by atoms with Crippen LogP contribution in [0.5, 0.6) is 0 Å². The number of ether oxygens (including phenoxy) is 6. The van der Waals surface area contributed by atoms with Crippen LogP contribution < -0.4 is 37.2 Å². The van der Waals surface area contributed by atoms with Crippen LogP contribution in [0.4, 0.5) is 29.4 Å². The first-order valence-corrected chi connectivity index (χ1v) is 34.5. The molecule has 0 radical (unpaired) electrons. The largest absolute Gasteiger partial charge is 0.457 e. The summed E-state index contributed by atoms with van der Waals surface area (Å²) in [5, 5.41) is 45.0. The van der Waals surface area contributed by atoms with Crippen molar-refractivity contribution in [2.75, 3.05) is 10.6 Å². The Morgan fingerprint density at radius 2 is 0.882 bits per heavy atom. The molecule has 102 heavy (non-hydrogen) atoms. The molecule has 4 atom stereocenters. The van der Waals surface area contributed by atoms with Crippen LogP contribution in [0.3, 0.4) is 0 Å². The number of alkyl carbamates (subject to hydrolysis) is 2. The maximum absolute atomic E-state index is 13.8. The summed E-state index contributed by atoms with van der Waals surface area (Å²) in [7, 11) is -5.11. The highest BCUT2D eigenvalue weighted by atomic mass is 32.2. The minimum Gasteiger partial charge on any atom is -0.457 e. The minimum absolute atomic E-state index is 0.0132.